The average Bonchev–Trinajstić information content (AvgIpc) is 3.03. The maximum atomic E-state index is 13.6. The van der Waals surface area contributed by atoms with Crippen LogP contribution in [-0.4, -0.2) is 47.7 Å². The van der Waals surface area contributed by atoms with Crippen LogP contribution in [0.3, 0.4) is 0 Å². The Bertz CT molecular complexity index is 543. The zero-order valence-corrected chi connectivity index (χ0v) is 13.0. The van der Waals surface area contributed by atoms with Crippen molar-refractivity contribution in [2.45, 2.75) is 38.2 Å². The van der Waals surface area contributed by atoms with Crippen LogP contribution >= 0.6 is 0 Å². The summed E-state index contributed by atoms with van der Waals surface area (Å²) in [4.78, 5) is 24.7. The van der Waals surface area contributed by atoms with Crippen LogP contribution < -0.4 is 0 Å². The van der Waals surface area contributed by atoms with E-state index in [1.165, 1.54) is 11.0 Å². The summed E-state index contributed by atoms with van der Waals surface area (Å²) in [5.74, 6) is -1.43. The number of carbonyl (C=O) groups excluding carboxylic acids is 1. The third kappa shape index (κ3) is 5.63. The van der Waals surface area contributed by atoms with Crippen LogP contribution in [0.15, 0.2) is 24.3 Å². The van der Waals surface area contributed by atoms with Gasteiger partial charge in [0.05, 0.1) is 12.5 Å². The van der Waals surface area contributed by atoms with E-state index in [0.29, 0.717) is 25.1 Å². The lowest BCUT2D eigenvalue weighted by atomic mass is 10.1. The number of aliphatic carboxylic acids is 1. The van der Waals surface area contributed by atoms with E-state index in [-0.39, 0.29) is 37.2 Å². The second-order valence-corrected chi connectivity index (χ2v) is 5.71. The molecule has 1 aliphatic heterocycles. The summed E-state index contributed by atoms with van der Waals surface area (Å²) in [7, 11) is 0. The van der Waals surface area contributed by atoms with Gasteiger partial charge in [-0.3, -0.25) is 9.59 Å². The summed E-state index contributed by atoms with van der Waals surface area (Å²) < 4.78 is 19.1. The molecule has 1 unspecified atom stereocenters. The number of carboxylic acids is 1. The Kier molecular flexibility index (Phi) is 6.52. The van der Waals surface area contributed by atoms with Gasteiger partial charge in [-0.25, -0.2) is 4.39 Å². The number of amides is 1. The van der Waals surface area contributed by atoms with E-state index in [1.807, 2.05) is 0 Å². The monoisotopic (exact) mass is 323 g/mol. The van der Waals surface area contributed by atoms with Crippen LogP contribution in [0.1, 0.15) is 31.2 Å². The molecule has 1 aromatic carbocycles. The van der Waals surface area contributed by atoms with Crippen LogP contribution in [0, 0.1) is 5.82 Å². The van der Waals surface area contributed by atoms with Crippen molar-refractivity contribution in [3.8, 4) is 0 Å². The summed E-state index contributed by atoms with van der Waals surface area (Å²) in [5, 5.41) is 8.83. The summed E-state index contributed by atoms with van der Waals surface area (Å²) in [6.45, 7) is 1.25. The number of hydrogen-bond donors (Lipinski definition) is 1. The van der Waals surface area contributed by atoms with E-state index in [1.54, 1.807) is 18.2 Å². The molecule has 2 rings (SSSR count). The second-order valence-electron chi connectivity index (χ2n) is 5.71. The van der Waals surface area contributed by atoms with Crippen molar-refractivity contribution in [3.63, 3.8) is 0 Å². The first-order chi connectivity index (χ1) is 11.1. The van der Waals surface area contributed by atoms with Crippen molar-refractivity contribution < 1.29 is 23.8 Å². The normalized spacial score (nSPS) is 17.2. The van der Waals surface area contributed by atoms with E-state index in [9.17, 15) is 14.0 Å². The van der Waals surface area contributed by atoms with Crippen molar-refractivity contribution in [3.05, 3.63) is 35.6 Å². The van der Waals surface area contributed by atoms with Gasteiger partial charge in [0.1, 0.15) is 5.82 Å². The minimum Gasteiger partial charge on any atom is -0.481 e. The summed E-state index contributed by atoms with van der Waals surface area (Å²) in [6, 6.07) is 6.37. The fourth-order valence-electron chi connectivity index (χ4n) is 2.68. The topological polar surface area (TPSA) is 66.8 Å². The highest BCUT2D eigenvalue weighted by Gasteiger charge is 2.23. The van der Waals surface area contributed by atoms with E-state index >= 15 is 0 Å². The number of carbonyl (C=O) groups is 2. The van der Waals surface area contributed by atoms with Gasteiger partial charge in [-0.1, -0.05) is 18.2 Å². The molecule has 1 saturated heterocycles. The van der Waals surface area contributed by atoms with Crippen molar-refractivity contribution in [1.29, 1.82) is 0 Å². The molecule has 0 spiro atoms. The smallest absolute Gasteiger partial charge is 0.305 e. The van der Waals surface area contributed by atoms with E-state index in [4.69, 9.17) is 9.84 Å². The molecule has 0 bridgehead atoms. The number of ether oxygens (including phenoxy) is 1. The number of hydrogen-bond acceptors (Lipinski definition) is 3. The predicted octanol–water partition coefficient (Wildman–Crippen LogP) is 2.24. The van der Waals surface area contributed by atoms with Crippen molar-refractivity contribution in [2.75, 3.05) is 19.7 Å². The first-order valence-corrected chi connectivity index (χ1v) is 7.91. The molecular formula is C17H22FNO4. The number of nitrogens with zero attached hydrogens (tertiary/aromatic N) is 1. The van der Waals surface area contributed by atoms with Gasteiger partial charge in [-0.05, 0) is 30.9 Å². The average molecular weight is 323 g/mol. The number of rotatable bonds is 8. The molecular weight excluding hydrogens is 301 g/mol. The maximum Gasteiger partial charge on any atom is 0.305 e. The minimum absolute atomic E-state index is 0.0267. The molecule has 1 aliphatic rings. The SMILES string of the molecule is O=C(O)CCN(CC1CCCO1)C(=O)CCc1ccccc1F. The lowest BCUT2D eigenvalue weighted by Crippen LogP contribution is -2.38. The van der Waals surface area contributed by atoms with Gasteiger partial charge in [-0.2, -0.15) is 0 Å². The molecule has 0 radical (unpaired) electrons. The number of aryl methyl sites for hydroxylation is 1. The quantitative estimate of drug-likeness (QED) is 0.797. The zero-order valence-electron chi connectivity index (χ0n) is 13.0. The predicted molar refractivity (Wildman–Crippen MR) is 82.5 cm³/mol. The van der Waals surface area contributed by atoms with Gasteiger partial charge < -0.3 is 14.7 Å². The van der Waals surface area contributed by atoms with Gasteiger partial charge in [-0.15, -0.1) is 0 Å². The minimum atomic E-state index is -0.941. The summed E-state index contributed by atoms with van der Waals surface area (Å²) in [6.07, 6.45) is 2.18. The van der Waals surface area contributed by atoms with Gasteiger partial charge in [0.2, 0.25) is 5.91 Å². The molecule has 1 aromatic rings. The standard InChI is InChI=1S/C17H22FNO4/c18-15-6-2-1-4-13(15)7-8-16(20)19(10-9-17(21)22)12-14-5-3-11-23-14/h1-2,4,6,14H,3,5,7-12H2,(H,21,22). The van der Waals surface area contributed by atoms with Crippen LogP contribution in [-0.2, 0) is 20.7 Å². The Morgan fingerprint density at radius 1 is 1.30 bits per heavy atom. The molecule has 0 aliphatic carbocycles. The highest BCUT2D eigenvalue weighted by Crippen LogP contribution is 2.15. The van der Waals surface area contributed by atoms with Gasteiger partial charge >= 0.3 is 5.97 Å². The molecule has 1 heterocycles. The molecule has 1 N–H and O–H groups in total. The molecule has 1 atom stereocenters. The summed E-state index contributed by atoms with van der Waals surface area (Å²) in [5.41, 5.74) is 0.496. The molecule has 6 heteroatoms. The third-order valence-electron chi connectivity index (χ3n) is 3.96. The van der Waals surface area contributed by atoms with Gasteiger partial charge in [0.25, 0.3) is 0 Å². The van der Waals surface area contributed by atoms with Crippen LogP contribution in [0.5, 0.6) is 0 Å². The van der Waals surface area contributed by atoms with E-state index in [2.05, 4.69) is 0 Å². The lowest BCUT2D eigenvalue weighted by molar-refractivity contribution is -0.139. The fourth-order valence-corrected chi connectivity index (χ4v) is 2.68. The molecule has 5 nitrogen and oxygen atoms in total. The second kappa shape index (κ2) is 8.62. The number of carboxylic acid groups (broad SMARTS) is 1. The van der Waals surface area contributed by atoms with Crippen LogP contribution in [0.2, 0.25) is 0 Å². The molecule has 126 valence electrons. The van der Waals surface area contributed by atoms with Gasteiger partial charge in [0.15, 0.2) is 0 Å². The highest BCUT2D eigenvalue weighted by molar-refractivity contribution is 5.77. The Morgan fingerprint density at radius 2 is 2.09 bits per heavy atom. The van der Waals surface area contributed by atoms with E-state index in [0.717, 1.165) is 12.8 Å². The lowest BCUT2D eigenvalue weighted by Gasteiger charge is -2.25. The molecule has 1 fully saturated rings. The van der Waals surface area contributed by atoms with Gasteiger partial charge in [0, 0.05) is 26.1 Å². The fraction of sp³-hybridized carbons (Fsp3) is 0.529. The maximum absolute atomic E-state index is 13.6. The van der Waals surface area contributed by atoms with E-state index < -0.39 is 5.97 Å². The third-order valence-corrected chi connectivity index (χ3v) is 3.96. The molecule has 23 heavy (non-hydrogen) atoms. The molecule has 0 aromatic heterocycles. The number of halogens is 1. The zero-order chi connectivity index (χ0) is 16.7. The van der Waals surface area contributed by atoms with Crippen molar-refractivity contribution >= 4 is 11.9 Å². The Morgan fingerprint density at radius 3 is 2.74 bits per heavy atom. The Balaban J connectivity index is 1.91. The molecule has 0 saturated carbocycles. The molecule has 1 amide bonds. The van der Waals surface area contributed by atoms with Crippen molar-refractivity contribution in [2.24, 2.45) is 0 Å². The Labute approximate surface area is 135 Å². The largest absolute Gasteiger partial charge is 0.481 e. The first kappa shape index (κ1) is 17.4. The van der Waals surface area contributed by atoms with Crippen LogP contribution in [0.4, 0.5) is 4.39 Å². The first-order valence-electron chi connectivity index (χ1n) is 7.91. The summed E-state index contributed by atoms with van der Waals surface area (Å²) >= 11 is 0. The van der Waals surface area contributed by atoms with Crippen molar-refractivity contribution in [1.82, 2.24) is 4.90 Å². The number of benzene rings is 1. The Hall–Kier alpha value is -1.95. The van der Waals surface area contributed by atoms with Crippen LogP contribution in [0.25, 0.3) is 0 Å². The highest BCUT2D eigenvalue weighted by atomic mass is 19.1.